The fourth-order valence-corrected chi connectivity index (χ4v) is 4.36. The van der Waals surface area contributed by atoms with Gasteiger partial charge in [0.25, 0.3) is 5.91 Å². The molecule has 0 bridgehead atoms. The molecular formula is C20H24N2O2S. The van der Waals surface area contributed by atoms with Crippen molar-refractivity contribution in [3.63, 3.8) is 0 Å². The second-order valence-electron chi connectivity index (χ2n) is 6.33. The predicted molar refractivity (Wildman–Crippen MR) is 102 cm³/mol. The molecule has 4 nitrogen and oxygen atoms in total. The van der Waals surface area contributed by atoms with Crippen molar-refractivity contribution in [2.45, 2.75) is 38.0 Å². The molecule has 1 aliphatic heterocycles. The Morgan fingerprint density at radius 3 is 2.56 bits per heavy atom. The first-order chi connectivity index (χ1) is 12.1. The average molecular weight is 356 g/mol. The number of likely N-dealkylation sites (tertiary alicyclic amines) is 1. The third-order valence-corrected chi connectivity index (χ3v) is 5.79. The third kappa shape index (κ3) is 3.76. The molecule has 0 saturated carbocycles. The minimum absolute atomic E-state index is 0.0243. The molecule has 0 radical (unpaired) electrons. The van der Waals surface area contributed by atoms with Gasteiger partial charge in [0.2, 0.25) is 0 Å². The van der Waals surface area contributed by atoms with Crippen LogP contribution in [0.25, 0.3) is 0 Å². The lowest BCUT2D eigenvalue weighted by Crippen LogP contribution is -2.29. The number of carbonyl (C=O) groups excluding carboxylic acids is 1. The van der Waals surface area contributed by atoms with Crippen LogP contribution in [0.15, 0.2) is 47.4 Å². The molecule has 1 N–H and O–H groups in total. The number of hydrogen-bond donors (Lipinski definition) is 1. The minimum Gasteiger partial charge on any atom is -0.339 e. The van der Waals surface area contributed by atoms with E-state index < -0.39 is 11.0 Å². The number of benzene rings is 2. The van der Waals surface area contributed by atoms with Crippen LogP contribution >= 0.6 is 0 Å². The van der Waals surface area contributed by atoms with Crippen LogP contribution in [0, 0.1) is 6.92 Å². The van der Waals surface area contributed by atoms with Gasteiger partial charge in [0.05, 0.1) is 16.1 Å². The van der Waals surface area contributed by atoms with Crippen LogP contribution in [-0.4, -0.2) is 28.1 Å². The Morgan fingerprint density at radius 1 is 1.12 bits per heavy atom. The molecule has 0 spiro atoms. The lowest BCUT2D eigenvalue weighted by Gasteiger charge is -2.18. The highest BCUT2D eigenvalue weighted by Crippen LogP contribution is 2.25. The molecule has 2 aromatic carbocycles. The van der Waals surface area contributed by atoms with Crippen molar-refractivity contribution < 1.29 is 9.00 Å². The van der Waals surface area contributed by atoms with E-state index in [0.717, 1.165) is 49.2 Å². The van der Waals surface area contributed by atoms with Gasteiger partial charge in [0, 0.05) is 13.1 Å². The van der Waals surface area contributed by atoms with Gasteiger partial charge in [-0.1, -0.05) is 37.3 Å². The standard InChI is InChI=1S/C20H24N2O2S/c1-3-16-10-8-9-15(2)19(16)21-25(24)18-12-5-4-11-17(18)20(23)22-13-6-7-14-22/h4-5,8-12,21H,3,6-7,13-14H2,1-2H3. The molecule has 1 atom stereocenters. The number of nitrogens with zero attached hydrogens (tertiary/aromatic N) is 1. The Bertz CT molecular complexity index is 798. The van der Waals surface area contributed by atoms with Gasteiger partial charge < -0.3 is 9.62 Å². The quantitative estimate of drug-likeness (QED) is 0.882. The summed E-state index contributed by atoms with van der Waals surface area (Å²) in [7, 11) is -1.49. The molecule has 25 heavy (non-hydrogen) atoms. The van der Waals surface area contributed by atoms with Crippen molar-refractivity contribution in [1.29, 1.82) is 0 Å². The van der Waals surface area contributed by atoms with E-state index in [1.807, 2.05) is 42.2 Å². The Balaban J connectivity index is 1.90. The lowest BCUT2D eigenvalue weighted by atomic mass is 10.1. The average Bonchev–Trinajstić information content (AvgIpc) is 3.17. The zero-order valence-corrected chi connectivity index (χ0v) is 15.6. The largest absolute Gasteiger partial charge is 0.339 e. The number of anilines is 1. The number of amides is 1. The summed E-state index contributed by atoms with van der Waals surface area (Å²) in [5, 5.41) is 0. The van der Waals surface area contributed by atoms with Crippen LogP contribution < -0.4 is 4.72 Å². The van der Waals surface area contributed by atoms with Crippen molar-refractivity contribution in [2.75, 3.05) is 17.8 Å². The first-order valence-corrected chi connectivity index (χ1v) is 9.92. The number of carbonyl (C=O) groups is 1. The maximum Gasteiger partial charge on any atom is 0.255 e. The number of nitrogens with one attached hydrogen (secondary N) is 1. The smallest absolute Gasteiger partial charge is 0.255 e. The van der Waals surface area contributed by atoms with Crippen molar-refractivity contribution in [3.8, 4) is 0 Å². The van der Waals surface area contributed by atoms with Crippen LogP contribution in [0.2, 0.25) is 0 Å². The highest BCUT2D eigenvalue weighted by Gasteiger charge is 2.23. The van der Waals surface area contributed by atoms with Gasteiger partial charge in [-0.3, -0.25) is 4.79 Å². The van der Waals surface area contributed by atoms with Gasteiger partial charge in [0.15, 0.2) is 11.0 Å². The third-order valence-electron chi connectivity index (χ3n) is 4.65. The first kappa shape index (κ1) is 17.7. The molecule has 0 aromatic heterocycles. The molecule has 5 heteroatoms. The Morgan fingerprint density at radius 2 is 1.84 bits per heavy atom. The number of aryl methyl sites for hydroxylation is 2. The molecule has 1 aliphatic rings. The summed E-state index contributed by atoms with van der Waals surface area (Å²) < 4.78 is 16.1. The van der Waals surface area contributed by atoms with Crippen LogP contribution in [-0.2, 0) is 17.4 Å². The minimum atomic E-state index is -1.49. The van der Waals surface area contributed by atoms with E-state index in [0.29, 0.717) is 10.5 Å². The molecule has 1 saturated heterocycles. The zero-order valence-electron chi connectivity index (χ0n) is 14.7. The maximum atomic E-state index is 13.0. The Kier molecular flexibility index (Phi) is 5.53. The summed E-state index contributed by atoms with van der Waals surface area (Å²) in [5.74, 6) is -0.0243. The highest BCUT2D eigenvalue weighted by atomic mass is 32.2. The van der Waals surface area contributed by atoms with Crippen molar-refractivity contribution in [3.05, 3.63) is 59.2 Å². The van der Waals surface area contributed by atoms with Gasteiger partial charge in [0.1, 0.15) is 0 Å². The highest BCUT2D eigenvalue weighted by molar-refractivity contribution is 7.86. The van der Waals surface area contributed by atoms with Crippen molar-refractivity contribution >= 4 is 22.6 Å². The summed E-state index contributed by atoms with van der Waals surface area (Å²) in [6.07, 6.45) is 2.94. The number of hydrogen-bond acceptors (Lipinski definition) is 2. The summed E-state index contributed by atoms with van der Waals surface area (Å²) in [6.45, 7) is 5.64. The maximum absolute atomic E-state index is 13.0. The first-order valence-electron chi connectivity index (χ1n) is 8.77. The van der Waals surface area contributed by atoms with Gasteiger partial charge in [-0.2, -0.15) is 0 Å². The summed E-state index contributed by atoms with van der Waals surface area (Å²) >= 11 is 0. The summed E-state index contributed by atoms with van der Waals surface area (Å²) in [6, 6.07) is 13.2. The fraction of sp³-hybridized carbons (Fsp3) is 0.350. The normalized spacial score (nSPS) is 15.2. The van der Waals surface area contributed by atoms with Gasteiger partial charge in [-0.25, -0.2) is 4.21 Å². The van der Waals surface area contributed by atoms with E-state index in [1.165, 1.54) is 0 Å². The topological polar surface area (TPSA) is 49.4 Å². The molecule has 2 aromatic rings. The fourth-order valence-electron chi connectivity index (χ4n) is 3.21. The predicted octanol–water partition coefficient (Wildman–Crippen LogP) is 3.93. The van der Waals surface area contributed by atoms with Crippen LogP contribution in [0.1, 0.15) is 41.3 Å². The number of rotatable bonds is 5. The SMILES string of the molecule is CCc1cccc(C)c1NS(=O)c1ccccc1C(=O)N1CCCC1. The second kappa shape index (κ2) is 7.83. The van der Waals surface area contributed by atoms with Crippen LogP contribution in [0.4, 0.5) is 5.69 Å². The molecule has 1 heterocycles. The lowest BCUT2D eigenvalue weighted by molar-refractivity contribution is 0.0789. The Labute approximate surface area is 151 Å². The van der Waals surface area contributed by atoms with E-state index in [-0.39, 0.29) is 5.91 Å². The van der Waals surface area contributed by atoms with Crippen LogP contribution in [0.5, 0.6) is 0 Å². The molecule has 1 fully saturated rings. The van der Waals surface area contributed by atoms with E-state index in [4.69, 9.17) is 0 Å². The van der Waals surface area contributed by atoms with Gasteiger partial charge in [-0.15, -0.1) is 0 Å². The van der Waals surface area contributed by atoms with E-state index >= 15 is 0 Å². The monoisotopic (exact) mass is 356 g/mol. The van der Waals surface area contributed by atoms with Gasteiger partial charge in [-0.05, 0) is 49.4 Å². The van der Waals surface area contributed by atoms with E-state index in [9.17, 15) is 9.00 Å². The Hall–Kier alpha value is -2.14. The molecule has 1 amide bonds. The van der Waals surface area contributed by atoms with Crippen molar-refractivity contribution in [1.82, 2.24) is 4.90 Å². The molecule has 0 aliphatic carbocycles. The van der Waals surface area contributed by atoms with E-state index in [2.05, 4.69) is 11.6 Å². The summed E-state index contributed by atoms with van der Waals surface area (Å²) in [4.78, 5) is 15.2. The van der Waals surface area contributed by atoms with E-state index in [1.54, 1.807) is 12.1 Å². The molecular weight excluding hydrogens is 332 g/mol. The number of para-hydroxylation sites is 1. The molecule has 132 valence electrons. The van der Waals surface area contributed by atoms with Crippen molar-refractivity contribution in [2.24, 2.45) is 0 Å². The van der Waals surface area contributed by atoms with Crippen LogP contribution in [0.3, 0.4) is 0 Å². The van der Waals surface area contributed by atoms with Gasteiger partial charge >= 0.3 is 0 Å². The second-order valence-corrected chi connectivity index (χ2v) is 7.51. The summed E-state index contributed by atoms with van der Waals surface area (Å²) in [5.41, 5.74) is 3.60. The zero-order chi connectivity index (χ0) is 17.8. The molecule has 3 rings (SSSR count). The molecule has 1 unspecified atom stereocenters.